The number of rotatable bonds is 4. The number of benzene rings is 2. The van der Waals surface area contributed by atoms with E-state index in [9.17, 15) is 4.79 Å². The van der Waals surface area contributed by atoms with Crippen LogP contribution in [0.4, 0.5) is 0 Å². The molecule has 0 aliphatic heterocycles. The maximum absolute atomic E-state index is 12.5. The number of aromatic nitrogens is 1. The number of fused-ring (bicyclic) bond motifs is 1. The normalized spacial score (nSPS) is 10.8. The van der Waals surface area contributed by atoms with E-state index in [1.54, 1.807) is 6.92 Å². The Kier molecular flexibility index (Phi) is 4.81. The van der Waals surface area contributed by atoms with E-state index in [4.69, 9.17) is 16.3 Å². The lowest BCUT2D eigenvalue weighted by atomic mass is 9.94. The predicted octanol–water partition coefficient (Wildman–Crippen LogP) is 4.96. The Morgan fingerprint density at radius 2 is 1.83 bits per heavy atom. The van der Waals surface area contributed by atoms with Gasteiger partial charge in [-0.05, 0) is 37.1 Å². The van der Waals surface area contributed by atoms with Crippen molar-refractivity contribution in [1.82, 2.24) is 4.98 Å². The number of aryl methyl sites for hydroxylation is 1. The average molecular weight is 340 g/mol. The number of hydrogen-bond donors (Lipinski definition) is 0. The molecule has 0 bridgehead atoms. The van der Waals surface area contributed by atoms with Crippen molar-refractivity contribution >= 4 is 28.5 Å². The first-order valence-corrected chi connectivity index (χ1v) is 8.28. The van der Waals surface area contributed by atoms with Crippen molar-refractivity contribution in [3.05, 3.63) is 75.9 Å². The molecule has 122 valence electrons. The molecule has 2 aromatic carbocycles. The van der Waals surface area contributed by atoms with Crippen molar-refractivity contribution in [3.8, 4) is 0 Å². The second-order valence-corrected chi connectivity index (χ2v) is 5.96. The largest absolute Gasteiger partial charge is 0.462 e. The Labute approximate surface area is 146 Å². The number of carbonyl (C=O) groups is 1. The summed E-state index contributed by atoms with van der Waals surface area (Å²) >= 11 is 6.33. The number of pyridine rings is 1. The van der Waals surface area contributed by atoms with Gasteiger partial charge >= 0.3 is 5.97 Å². The first-order valence-electron chi connectivity index (χ1n) is 7.90. The van der Waals surface area contributed by atoms with Gasteiger partial charge in [0.2, 0.25) is 0 Å². The molecule has 24 heavy (non-hydrogen) atoms. The van der Waals surface area contributed by atoms with E-state index in [-0.39, 0.29) is 5.97 Å². The Morgan fingerprint density at radius 1 is 1.12 bits per heavy atom. The van der Waals surface area contributed by atoms with Crippen LogP contribution in [0.5, 0.6) is 0 Å². The second kappa shape index (κ2) is 7.02. The molecule has 0 aliphatic rings. The maximum atomic E-state index is 12.5. The molecule has 3 rings (SSSR count). The lowest BCUT2D eigenvalue weighted by Gasteiger charge is -2.15. The Balaban J connectivity index is 2.24. The standard InChI is InChI=1S/C20H18ClNO2/c1-3-24-20(23)19-13(2)22-18-11-7-5-9-15(18)16(19)12-14-8-4-6-10-17(14)21/h4-11H,3,12H2,1-2H3. The van der Waals surface area contributed by atoms with E-state index < -0.39 is 0 Å². The highest BCUT2D eigenvalue weighted by molar-refractivity contribution is 6.31. The Morgan fingerprint density at radius 3 is 2.58 bits per heavy atom. The highest BCUT2D eigenvalue weighted by Crippen LogP contribution is 2.28. The molecule has 0 amide bonds. The van der Waals surface area contributed by atoms with Crippen LogP contribution < -0.4 is 0 Å². The van der Waals surface area contributed by atoms with Crippen LogP contribution in [0, 0.1) is 6.92 Å². The molecule has 0 spiro atoms. The van der Waals surface area contributed by atoms with Crippen molar-refractivity contribution in [1.29, 1.82) is 0 Å². The second-order valence-electron chi connectivity index (χ2n) is 5.56. The number of carbonyl (C=O) groups excluding carboxylic acids is 1. The van der Waals surface area contributed by atoms with Crippen LogP contribution >= 0.6 is 11.6 Å². The van der Waals surface area contributed by atoms with Crippen LogP contribution in [0.1, 0.15) is 34.1 Å². The summed E-state index contributed by atoms with van der Waals surface area (Å²) < 4.78 is 5.25. The van der Waals surface area contributed by atoms with E-state index in [0.717, 1.165) is 22.0 Å². The number of halogens is 1. The van der Waals surface area contributed by atoms with Crippen LogP contribution in [0.15, 0.2) is 48.5 Å². The molecule has 1 aromatic heterocycles. The molecule has 0 saturated carbocycles. The Bertz CT molecular complexity index is 905. The van der Waals surface area contributed by atoms with Gasteiger partial charge in [-0.25, -0.2) is 4.79 Å². The average Bonchev–Trinajstić information content (AvgIpc) is 2.57. The molecular formula is C20H18ClNO2. The number of para-hydroxylation sites is 1. The van der Waals surface area contributed by atoms with Gasteiger partial charge in [0, 0.05) is 16.8 Å². The number of nitrogens with zero attached hydrogens (tertiary/aromatic N) is 1. The van der Waals surface area contributed by atoms with Crippen LogP contribution in [-0.2, 0) is 11.2 Å². The van der Waals surface area contributed by atoms with Crippen LogP contribution in [-0.4, -0.2) is 17.6 Å². The zero-order chi connectivity index (χ0) is 17.1. The third-order valence-corrected chi connectivity index (χ3v) is 4.35. The highest BCUT2D eigenvalue weighted by Gasteiger charge is 2.20. The molecule has 0 atom stereocenters. The lowest BCUT2D eigenvalue weighted by molar-refractivity contribution is 0.0524. The van der Waals surface area contributed by atoms with Gasteiger partial charge in [-0.15, -0.1) is 0 Å². The van der Waals surface area contributed by atoms with E-state index >= 15 is 0 Å². The van der Waals surface area contributed by atoms with Gasteiger partial charge in [-0.2, -0.15) is 0 Å². The molecule has 0 aliphatic carbocycles. The molecule has 3 nitrogen and oxygen atoms in total. The van der Waals surface area contributed by atoms with Crippen LogP contribution in [0.25, 0.3) is 10.9 Å². The van der Waals surface area contributed by atoms with Gasteiger partial charge < -0.3 is 4.74 Å². The molecule has 0 radical (unpaired) electrons. The fourth-order valence-electron chi connectivity index (χ4n) is 2.91. The van der Waals surface area contributed by atoms with E-state index in [0.29, 0.717) is 29.3 Å². The summed E-state index contributed by atoms with van der Waals surface area (Å²) in [6.45, 7) is 3.97. The first-order chi connectivity index (χ1) is 11.6. The lowest BCUT2D eigenvalue weighted by Crippen LogP contribution is -2.13. The summed E-state index contributed by atoms with van der Waals surface area (Å²) in [5.41, 5.74) is 3.96. The van der Waals surface area contributed by atoms with Crippen molar-refractivity contribution in [2.45, 2.75) is 20.3 Å². The van der Waals surface area contributed by atoms with Crippen molar-refractivity contribution in [2.75, 3.05) is 6.61 Å². The first kappa shape index (κ1) is 16.5. The van der Waals surface area contributed by atoms with E-state index in [1.807, 2.05) is 55.5 Å². The molecule has 0 unspecified atom stereocenters. The number of hydrogen-bond acceptors (Lipinski definition) is 3. The molecule has 0 fully saturated rings. The summed E-state index contributed by atoms with van der Waals surface area (Å²) in [4.78, 5) is 17.1. The third-order valence-electron chi connectivity index (χ3n) is 3.99. The van der Waals surface area contributed by atoms with Gasteiger partial charge in [-0.3, -0.25) is 4.98 Å². The summed E-state index contributed by atoms with van der Waals surface area (Å²) in [5.74, 6) is -0.338. The van der Waals surface area contributed by atoms with Gasteiger partial charge in [0.05, 0.1) is 23.4 Å². The van der Waals surface area contributed by atoms with E-state index in [1.165, 1.54) is 0 Å². The number of ether oxygens (including phenoxy) is 1. The molecule has 4 heteroatoms. The summed E-state index contributed by atoms with van der Waals surface area (Å²) in [6, 6.07) is 15.5. The monoisotopic (exact) mass is 339 g/mol. The molecular weight excluding hydrogens is 322 g/mol. The minimum Gasteiger partial charge on any atom is -0.462 e. The quantitative estimate of drug-likeness (QED) is 0.630. The number of esters is 1. The summed E-state index contributed by atoms with van der Waals surface area (Å²) in [6.07, 6.45) is 0.553. The molecule has 1 heterocycles. The summed E-state index contributed by atoms with van der Waals surface area (Å²) in [5, 5.41) is 1.64. The minimum absolute atomic E-state index is 0.330. The zero-order valence-corrected chi connectivity index (χ0v) is 14.4. The van der Waals surface area contributed by atoms with Gasteiger partial charge in [0.1, 0.15) is 0 Å². The predicted molar refractivity (Wildman–Crippen MR) is 96.7 cm³/mol. The van der Waals surface area contributed by atoms with Gasteiger partial charge in [0.25, 0.3) is 0 Å². The van der Waals surface area contributed by atoms with Gasteiger partial charge in [0.15, 0.2) is 0 Å². The zero-order valence-electron chi connectivity index (χ0n) is 13.7. The van der Waals surface area contributed by atoms with Gasteiger partial charge in [-0.1, -0.05) is 48.0 Å². The van der Waals surface area contributed by atoms with Crippen molar-refractivity contribution < 1.29 is 9.53 Å². The molecule has 0 saturated heterocycles. The van der Waals surface area contributed by atoms with Crippen LogP contribution in [0.3, 0.4) is 0 Å². The Hall–Kier alpha value is -2.39. The molecule has 0 N–H and O–H groups in total. The minimum atomic E-state index is -0.338. The fraction of sp³-hybridized carbons (Fsp3) is 0.200. The third kappa shape index (κ3) is 3.13. The topological polar surface area (TPSA) is 39.2 Å². The van der Waals surface area contributed by atoms with Crippen molar-refractivity contribution in [2.24, 2.45) is 0 Å². The highest BCUT2D eigenvalue weighted by atomic mass is 35.5. The fourth-order valence-corrected chi connectivity index (χ4v) is 3.11. The summed E-state index contributed by atoms with van der Waals surface area (Å²) in [7, 11) is 0. The smallest absolute Gasteiger partial charge is 0.340 e. The van der Waals surface area contributed by atoms with Crippen molar-refractivity contribution in [3.63, 3.8) is 0 Å². The van der Waals surface area contributed by atoms with Crippen LogP contribution in [0.2, 0.25) is 5.02 Å². The van der Waals surface area contributed by atoms with E-state index in [2.05, 4.69) is 4.98 Å². The maximum Gasteiger partial charge on any atom is 0.340 e. The SMILES string of the molecule is CCOC(=O)c1c(C)nc2ccccc2c1Cc1ccccc1Cl. The molecule has 3 aromatic rings.